The Morgan fingerprint density at radius 3 is 2.65 bits per heavy atom. The predicted molar refractivity (Wildman–Crippen MR) is 95.0 cm³/mol. The summed E-state index contributed by atoms with van der Waals surface area (Å²) in [4.78, 5) is 16.8. The highest BCUT2D eigenvalue weighted by Gasteiger charge is 2.24. The smallest absolute Gasteiger partial charge is 0.253 e. The largest absolute Gasteiger partial charge is 0.396 e. The minimum atomic E-state index is 0.0892. The number of amides is 1. The van der Waals surface area contributed by atoms with Crippen molar-refractivity contribution in [2.24, 2.45) is 5.92 Å². The number of carbonyl (C=O) groups is 1. The van der Waals surface area contributed by atoms with E-state index >= 15 is 0 Å². The third-order valence-corrected chi connectivity index (χ3v) is 4.71. The van der Waals surface area contributed by atoms with Gasteiger partial charge in [-0.15, -0.1) is 0 Å². The summed E-state index contributed by atoms with van der Waals surface area (Å²) < 4.78 is 0. The molecule has 0 aliphatic carbocycles. The molecule has 1 amide bonds. The monoisotopic (exact) mass is 318 g/mol. The van der Waals surface area contributed by atoms with Gasteiger partial charge in [-0.05, 0) is 56.4 Å². The predicted octanol–water partition coefficient (Wildman–Crippen LogP) is 3.16. The van der Waals surface area contributed by atoms with Gasteiger partial charge in [-0.25, -0.2) is 0 Å². The van der Waals surface area contributed by atoms with Crippen LogP contribution in [0.25, 0.3) is 0 Å². The van der Waals surface area contributed by atoms with Crippen LogP contribution < -0.4 is 4.90 Å². The number of aliphatic hydroxyl groups excluding tert-OH is 1. The molecule has 0 bridgehead atoms. The molecular formula is C19H30N2O2. The minimum Gasteiger partial charge on any atom is -0.396 e. The maximum atomic E-state index is 12.6. The average molecular weight is 318 g/mol. The summed E-state index contributed by atoms with van der Waals surface area (Å²) in [5.74, 6) is 0.322. The highest BCUT2D eigenvalue weighted by Crippen LogP contribution is 2.20. The summed E-state index contributed by atoms with van der Waals surface area (Å²) in [5.41, 5.74) is 1.93. The molecule has 128 valence electrons. The number of piperidine rings is 1. The molecule has 23 heavy (non-hydrogen) atoms. The number of rotatable bonds is 7. The van der Waals surface area contributed by atoms with E-state index in [1.807, 2.05) is 17.0 Å². The third-order valence-electron chi connectivity index (χ3n) is 4.71. The quantitative estimate of drug-likeness (QED) is 0.840. The average Bonchev–Trinajstić information content (AvgIpc) is 2.62. The van der Waals surface area contributed by atoms with Gasteiger partial charge in [-0.2, -0.15) is 0 Å². The highest BCUT2D eigenvalue weighted by molar-refractivity contribution is 5.94. The Hall–Kier alpha value is -1.55. The highest BCUT2D eigenvalue weighted by atomic mass is 16.3. The minimum absolute atomic E-state index is 0.0892. The molecule has 1 saturated heterocycles. The molecular weight excluding hydrogens is 288 g/mol. The van der Waals surface area contributed by atoms with E-state index in [1.54, 1.807) is 0 Å². The second kappa shape index (κ2) is 8.92. The Bertz CT molecular complexity index is 487. The lowest BCUT2D eigenvalue weighted by Crippen LogP contribution is -2.40. The van der Waals surface area contributed by atoms with E-state index in [0.717, 1.165) is 38.0 Å². The molecule has 1 aromatic rings. The SMILES string of the molecule is CCCCN(CC)c1ccc(C(=O)N2CCCC(CO)C2)cc1. The number of benzene rings is 1. The normalized spacial score (nSPS) is 18.0. The number of carbonyl (C=O) groups excluding carboxylic acids is 1. The lowest BCUT2D eigenvalue weighted by atomic mass is 9.98. The van der Waals surface area contributed by atoms with Crippen molar-refractivity contribution in [2.75, 3.05) is 37.7 Å². The number of aliphatic hydroxyl groups is 1. The molecule has 1 heterocycles. The summed E-state index contributed by atoms with van der Waals surface area (Å²) in [5, 5.41) is 9.31. The van der Waals surface area contributed by atoms with Crippen LogP contribution in [0.5, 0.6) is 0 Å². The van der Waals surface area contributed by atoms with Gasteiger partial charge in [-0.3, -0.25) is 4.79 Å². The Labute approximate surface area is 140 Å². The number of hydrogen-bond donors (Lipinski definition) is 1. The third kappa shape index (κ3) is 4.71. The molecule has 0 spiro atoms. The Kier molecular flexibility index (Phi) is 6.90. The van der Waals surface area contributed by atoms with Gasteiger partial charge in [0.2, 0.25) is 0 Å². The van der Waals surface area contributed by atoms with E-state index in [-0.39, 0.29) is 18.4 Å². The molecule has 4 nitrogen and oxygen atoms in total. The van der Waals surface area contributed by atoms with Gasteiger partial charge in [0.25, 0.3) is 5.91 Å². The standard InChI is InChI=1S/C19H30N2O2/c1-3-5-12-20(4-2)18-10-8-17(9-11-18)19(23)21-13-6-7-16(14-21)15-22/h8-11,16,22H,3-7,12-15H2,1-2H3. The van der Waals surface area contributed by atoms with Crippen LogP contribution >= 0.6 is 0 Å². The van der Waals surface area contributed by atoms with Crippen LogP contribution in [0.1, 0.15) is 49.9 Å². The molecule has 1 aliphatic rings. The number of nitrogens with zero attached hydrogens (tertiary/aromatic N) is 2. The van der Waals surface area contributed by atoms with Crippen molar-refractivity contribution in [3.05, 3.63) is 29.8 Å². The van der Waals surface area contributed by atoms with Crippen LogP contribution in [-0.2, 0) is 0 Å². The van der Waals surface area contributed by atoms with Crippen LogP contribution in [0.15, 0.2) is 24.3 Å². The van der Waals surface area contributed by atoms with E-state index in [2.05, 4.69) is 30.9 Å². The van der Waals surface area contributed by atoms with E-state index in [4.69, 9.17) is 0 Å². The molecule has 1 N–H and O–H groups in total. The number of hydrogen-bond acceptors (Lipinski definition) is 3. The van der Waals surface area contributed by atoms with Gasteiger partial charge in [0.05, 0.1) is 0 Å². The van der Waals surface area contributed by atoms with Gasteiger partial charge in [0.1, 0.15) is 0 Å². The summed E-state index contributed by atoms with van der Waals surface area (Å²) in [6.07, 6.45) is 4.37. The zero-order chi connectivity index (χ0) is 16.7. The fraction of sp³-hybridized carbons (Fsp3) is 0.632. The van der Waals surface area contributed by atoms with Crippen molar-refractivity contribution in [1.29, 1.82) is 0 Å². The van der Waals surface area contributed by atoms with E-state index in [9.17, 15) is 9.90 Å². The first kappa shape index (κ1) is 17.8. The maximum Gasteiger partial charge on any atom is 0.253 e. The van der Waals surface area contributed by atoms with Crippen LogP contribution in [0.2, 0.25) is 0 Å². The van der Waals surface area contributed by atoms with Crippen molar-refractivity contribution in [2.45, 2.75) is 39.5 Å². The van der Waals surface area contributed by atoms with Crippen LogP contribution in [-0.4, -0.2) is 48.7 Å². The molecule has 0 radical (unpaired) electrons. The summed E-state index contributed by atoms with van der Waals surface area (Å²) in [6, 6.07) is 7.99. The van der Waals surface area contributed by atoms with Crippen molar-refractivity contribution < 1.29 is 9.90 Å². The summed E-state index contributed by atoms with van der Waals surface area (Å²) >= 11 is 0. The molecule has 1 aliphatic heterocycles. The molecule has 1 unspecified atom stereocenters. The van der Waals surface area contributed by atoms with E-state index in [0.29, 0.717) is 6.54 Å². The lowest BCUT2D eigenvalue weighted by molar-refractivity contribution is 0.0621. The molecule has 1 fully saturated rings. The molecule has 4 heteroatoms. The van der Waals surface area contributed by atoms with Crippen molar-refractivity contribution in [3.63, 3.8) is 0 Å². The maximum absolute atomic E-state index is 12.6. The molecule has 1 aromatic carbocycles. The Morgan fingerprint density at radius 2 is 2.04 bits per heavy atom. The molecule has 0 saturated carbocycles. The topological polar surface area (TPSA) is 43.8 Å². The molecule has 2 rings (SSSR count). The van der Waals surface area contributed by atoms with Crippen molar-refractivity contribution >= 4 is 11.6 Å². The molecule has 0 aromatic heterocycles. The fourth-order valence-corrected chi connectivity index (χ4v) is 3.21. The first-order valence-corrected chi connectivity index (χ1v) is 8.94. The van der Waals surface area contributed by atoms with Gasteiger partial charge in [0.15, 0.2) is 0 Å². The lowest BCUT2D eigenvalue weighted by Gasteiger charge is -2.32. The number of anilines is 1. The van der Waals surface area contributed by atoms with Gasteiger partial charge in [-0.1, -0.05) is 13.3 Å². The zero-order valence-electron chi connectivity index (χ0n) is 14.5. The Balaban J connectivity index is 2.02. The zero-order valence-corrected chi connectivity index (χ0v) is 14.5. The van der Waals surface area contributed by atoms with E-state index < -0.39 is 0 Å². The summed E-state index contributed by atoms with van der Waals surface area (Å²) in [7, 11) is 0. The number of likely N-dealkylation sites (tertiary alicyclic amines) is 1. The van der Waals surface area contributed by atoms with Crippen LogP contribution in [0.4, 0.5) is 5.69 Å². The van der Waals surface area contributed by atoms with Crippen LogP contribution in [0, 0.1) is 5.92 Å². The first-order valence-electron chi connectivity index (χ1n) is 8.94. The van der Waals surface area contributed by atoms with Gasteiger partial charge in [0, 0.05) is 44.0 Å². The second-order valence-corrected chi connectivity index (χ2v) is 6.42. The van der Waals surface area contributed by atoms with Crippen molar-refractivity contribution in [3.8, 4) is 0 Å². The van der Waals surface area contributed by atoms with Crippen LogP contribution in [0.3, 0.4) is 0 Å². The summed E-state index contributed by atoms with van der Waals surface area (Å²) in [6.45, 7) is 8.06. The Morgan fingerprint density at radius 1 is 1.30 bits per heavy atom. The van der Waals surface area contributed by atoms with Gasteiger partial charge < -0.3 is 14.9 Å². The number of unbranched alkanes of at least 4 members (excludes halogenated alkanes) is 1. The second-order valence-electron chi connectivity index (χ2n) is 6.42. The molecule has 1 atom stereocenters. The van der Waals surface area contributed by atoms with Gasteiger partial charge >= 0.3 is 0 Å². The first-order chi connectivity index (χ1) is 11.2. The fourth-order valence-electron chi connectivity index (χ4n) is 3.21. The van der Waals surface area contributed by atoms with Crippen molar-refractivity contribution in [1.82, 2.24) is 4.90 Å². The van der Waals surface area contributed by atoms with E-state index in [1.165, 1.54) is 18.5 Å².